The third kappa shape index (κ3) is 4.32. The number of ether oxygens (including phenoxy) is 1. The number of benzene rings is 2. The van der Waals surface area contributed by atoms with Gasteiger partial charge in [0.1, 0.15) is 5.75 Å². The molecule has 1 amide bonds. The molecule has 0 unspecified atom stereocenters. The Morgan fingerprint density at radius 2 is 1.93 bits per heavy atom. The summed E-state index contributed by atoms with van der Waals surface area (Å²) in [6, 6.07) is 10.2. The van der Waals surface area contributed by atoms with E-state index in [0.29, 0.717) is 11.4 Å². The fourth-order valence-electron chi connectivity index (χ4n) is 2.50. The van der Waals surface area contributed by atoms with Crippen molar-refractivity contribution in [1.82, 2.24) is 25.2 Å². The number of nitrogens with one attached hydrogen (secondary N) is 1. The molecule has 0 aliphatic carbocycles. The van der Waals surface area contributed by atoms with Crippen molar-refractivity contribution < 1.29 is 22.7 Å². The molecule has 2 aromatic carbocycles. The fraction of sp³-hybridized carbons (Fsp3) is 0.118. The van der Waals surface area contributed by atoms with Crippen LogP contribution in [0.4, 0.5) is 18.9 Å². The molecule has 29 heavy (non-hydrogen) atoms. The summed E-state index contributed by atoms with van der Waals surface area (Å²) in [6.45, 7) is 1.90. The summed E-state index contributed by atoms with van der Waals surface area (Å²) in [7, 11) is 0. The smallest absolute Gasteiger partial charge is 0.406 e. The van der Waals surface area contributed by atoms with Gasteiger partial charge < -0.3 is 10.1 Å². The molecule has 0 fully saturated rings. The zero-order chi connectivity index (χ0) is 20.6. The number of tetrazole rings is 1. The molecule has 0 saturated carbocycles. The van der Waals surface area contributed by atoms with Gasteiger partial charge in [-0.25, -0.2) is 4.98 Å². The number of thiazole rings is 1. The topological polar surface area (TPSA) is 94.8 Å². The number of halogens is 3. The zero-order valence-electron chi connectivity index (χ0n) is 14.6. The summed E-state index contributed by atoms with van der Waals surface area (Å²) in [5.41, 5.74) is 1.60. The molecule has 148 valence electrons. The Morgan fingerprint density at radius 1 is 1.17 bits per heavy atom. The highest BCUT2D eigenvalue weighted by molar-refractivity contribution is 7.18. The average molecular weight is 420 g/mol. The maximum Gasteiger partial charge on any atom is 0.573 e. The lowest BCUT2D eigenvalue weighted by Gasteiger charge is -2.08. The Morgan fingerprint density at radius 3 is 2.66 bits per heavy atom. The minimum atomic E-state index is -4.78. The van der Waals surface area contributed by atoms with E-state index in [1.165, 1.54) is 12.1 Å². The van der Waals surface area contributed by atoms with Gasteiger partial charge in [-0.1, -0.05) is 0 Å². The van der Waals surface area contributed by atoms with E-state index < -0.39 is 12.3 Å². The van der Waals surface area contributed by atoms with E-state index in [9.17, 15) is 18.0 Å². The first-order valence-electron chi connectivity index (χ1n) is 8.12. The van der Waals surface area contributed by atoms with E-state index in [4.69, 9.17) is 0 Å². The second-order valence-electron chi connectivity index (χ2n) is 5.81. The molecular weight excluding hydrogens is 409 g/mol. The number of nitrogens with zero attached hydrogens (tertiary/aromatic N) is 5. The van der Waals surface area contributed by atoms with Crippen LogP contribution in [0, 0.1) is 6.92 Å². The molecule has 8 nitrogen and oxygen atoms in total. The van der Waals surface area contributed by atoms with E-state index in [1.807, 2.05) is 13.0 Å². The lowest BCUT2D eigenvalue weighted by Crippen LogP contribution is -2.17. The summed E-state index contributed by atoms with van der Waals surface area (Å²) in [5.74, 6) is -1.17. The molecule has 0 aliphatic heterocycles. The van der Waals surface area contributed by atoms with Gasteiger partial charge in [0.25, 0.3) is 11.7 Å². The van der Waals surface area contributed by atoms with Crippen LogP contribution >= 0.6 is 11.3 Å². The lowest BCUT2D eigenvalue weighted by molar-refractivity contribution is -0.274. The molecule has 12 heteroatoms. The number of hydrogen-bond acceptors (Lipinski definition) is 7. The van der Waals surface area contributed by atoms with Crippen LogP contribution in [0.2, 0.25) is 0 Å². The summed E-state index contributed by atoms with van der Waals surface area (Å²) in [5, 5.41) is 15.0. The Balaban J connectivity index is 1.48. The highest BCUT2D eigenvalue weighted by atomic mass is 32.1. The SMILES string of the molecule is Cc1nc2cc(NC(=O)c3nnn(-c4ccc(OC(F)(F)F)cc4)n3)ccc2s1. The van der Waals surface area contributed by atoms with Crippen molar-refractivity contribution in [3.05, 3.63) is 53.3 Å². The van der Waals surface area contributed by atoms with Gasteiger partial charge in [-0.2, -0.15) is 0 Å². The van der Waals surface area contributed by atoms with Gasteiger partial charge in [0.15, 0.2) is 0 Å². The van der Waals surface area contributed by atoms with Gasteiger partial charge in [-0.3, -0.25) is 4.79 Å². The number of carbonyl (C=O) groups excluding carboxylic acids is 1. The second-order valence-corrected chi connectivity index (χ2v) is 7.05. The van der Waals surface area contributed by atoms with E-state index in [0.717, 1.165) is 32.2 Å². The molecule has 0 bridgehead atoms. The molecule has 0 spiro atoms. The van der Waals surface area contributed by atoms with Crippen molar-refractivity contribution in [3.63, 3.8) is 0 Å². The van der Waals surface area contributed by atoms with Crippen molar-refractivity contribution in [2.45, 2.75) is 13.3 Å². The minimum Gasteiger partial charge on any atom is -0.406 e. The third-order valence-corrected chi connectivity index (χ3v) is 4.62. The molecule has 2 aromatic heterocycles. The van der Waals surface area contributed by atoms with Gasteiger partial charge in [0.05, 0.1) is 20.9 Å². The maximum absolute atomic E-state index is 12.4. The van der Waals surface area contributed by atoms with Crippen LogP contribution in [0.25, 0.3) is 15.9 Å². The molecule has 1 N–H and O–H groups in total. The largest absolute Gasteiger partial charge is 0.573 e. The zero-order valence-corrected chi connectivity index (χ0v) is 15.5. The second kappa shape index (κ2) is 7.13. The van der Waals surface area contributed by atoms with Crippen molar-refractivity contribution in [2.24, 2.45) is 0 Å². The van der Waals surface area contributed by atoms with Crippen molar-refractivity contribution in [1.29, 1.82) is 0 Å². The van der Waals surface area contributed by atoms with Gasteiger partial charge in [0.2, 0.25) is 0 Å². The molecule has 2 heterocycles. The van der Waals surface area contributed by atoms with Crippen molar-refractivity contribution in [3.8, 4) is 11.4 Å². The molecule has 0 saturated heterocycles. The summed E-state index contributed by atoms with van der Waals surface area (Å²) < 4.78 is 41.4. The number of amides is 1. The summed E-state index contributed by atoms with van der Waals surface area (Å²) in [6.07, 6.45) is -4.78. The Hall–Kier alpha value is -3.54. The number of aryl methyl sites for hydroxylation is 1. The lowest BCUT2D eigenvalue weighted by atomic mass is 10.3. The van der Waals surface area contributed by atoms with Crippen molar-refractivity contribution >= 4 is 33.1 Å². The number of alkyl halides is 3. The van der Waals surface area contributed by atoms with Crippen LogP contribution in [0.1, 0.15) is 15.6 Å². The third-order valence-electron chi connectivity index (χ3n) is 3.67. The highest BCUT2D eigenvalue weighted by Gasteiger charge is 2.31. The Bertz CT molecular complexity index is 1190. The van der Waals surface area contributed by atoms with Crippen LogP contribution in [-0.2, 0) is 0 Å². The van der Waals surface area contributed by atoms with Crippen molar-refractivity contribution in [2.75, 3.05) is 5.32 Å². The number of aromatic nitrogens is 5. The molecule has 4 aromatic rings. The number of fused-ring (bicyclic) bond motifs is 1. The maximum atomic E-state index is 12.4. The van der Waals surface area contributed by atoms with Crippen LogP contribution in [0.5, 0.6) is 5.75 Å². The molecule has 0 atom stereocenters. The van der Waals surface area contributed by atoms with E-state index in [-0.39, 0.29) is 11.6 Å². The van der Waals surface area contributed by atoms with E-state index in [1.54, 1.807) is 23.5 Å². The summed E-state index contributed by atoms with van der Waals surface area (Å²) in [4.78, 5) is 17.8. The quantitative estimate of drug-likeness (QED) is 0.541. The van der Waals surface area contributed by atoms with E-state index >= 15 is 0 Å². The summed E-state index contributed by atoms with van der Waals surface area (Å²) >= 11 is 1.55. The van der Waals surface area contributed by atoms with Gasteiger partial charge in [0, 0.05) is 5.69 Å². The normalized spacial score (nSPS) is 11.6. The van der Waals surface area contributed by atoms with Gasteiger partial charge in [-0.15, -0.1) is 39.5 Å². The first-order chi connectivity index (χ1) is 13.8. The van der Waals surface area contributed by atoms with Gasteiger partial charge in [-0.05, 0) is 54.6 Å². The van der Waals surface area contributed by atoms with Crippen LogP contribution in [-0.4, -0.2) is 37.5 Å². The molecule has 0 radical (unpaired) electrons. The van der Waals surface area contributed by atoms with Crippen LogP contribution < -0.4 is 10.1 Å². The van der Waals surface area contributed by atoms with E-state index in [2.05, 4.69) is 30.4 Å². The predicted octanol–water partition coefficient (Wildman–Crippen LogP) is 3.73. The fourth-order valence-corrected chi connectivity index (χ4v) is 3.31. The number of rotatable bonds is 4. The molecular formula is C17H11F3N6O2S. The Labute approximate surface area is 164 Å². The number of anilines is 1. The van der Waals surface area contributed by atoms with Crippen LogP contribution in [0.15, 0.2) is 42.5 Å². The predicted molar refractivity (Wildman–Crippen MR) is 98.1 cm³/mol. The molecule has 0 aliphatic rings. The minimum absolute atomic E-state index is 0.199. The number of hydrogen-bond donors (Lipinski definition) is 1. The van der Waals surface area contributed by atoms with Gasteiger partial charge >= 0.3 is 6.36 Å². The van der Waals surface area contributed by atoms with Crippen LogP contribution in [0.3, 0.4) is 0 Å². The highest BCUT2D eigenvalue weighted by Crippen LogP contribution is 2.25. The monoisotopic (exact) mass is 420 g/mol. The average Bonchev–Trinajstić information content (AvgIpc) is 3.26. The Kier molecular flexibility index (Phi) is 4.62. The first kappa shape index (κ1) is 18.8. The first-order valence-corrected chi connectivity index (χ1v) is 8.93. The standard InChI is InChI=1S/C17H11F3N6O2S/c1-9-21-13-8-10(2-7-14(13)29-9)22-16(27)15-23-25-26(24-15)11-3-5-12(6-4-11)28-17(18,19)20/h2-8H,1H3,(H,22,27). The number of carbonyl (C=O) groups is 1. The molecule has 4 rings (SSSR count).